The summed E-state index contributed by atoms with van der Waals surface area (Å²) in [5.41, 5.74) is -0.352. The lowest BCUT2D eigenvalue weighted by atomic mass is 10.3. The average Bonchev–Trinajstić information content (AvgIpc) is 2.81. The number of halogens is 3. The van der Waals surface area contributed by atoms with Crippen LogP contribution in [0, 0.1) is 5.82 Å². The van der Waals surface area contributed by atoms with Gasteiger partial charge in [0.15, 0.2) is 5.69 Å². The Balaban J connectivity index is 2.17. The summed E-state index contributed by atoms with van der Waals surface area (Å²) in [6.07, 6.45) is -2.86. The fourth-order valence-electron chi connectivity index (χ4n) is 1.22. The van der Waals surface area contributed by atoms with Crippen LogP contribution in [0.15, 0.2) is 24.3 Å². The van der Waals surface area contributed by atoms with E-state index >= 15 is 0 Å². The number of carbonyl (C=O) groups excluding carboxylic acids is 1. The van der Waals surface area contributed by atoms with Crippen molar-refractivity contribution in [3.8, 4) is 0 Å². The zero-order chi connectivity index (χ0) is 13.1. The largest absolute Gasteiger partial charge is 0.321 e. The first-order valence-corrected chi connectivity index (χ1v) is 5.52. The predicted molar refractivity (Wildman–Crippen MR) is 59.2 cm³/mol. The summed E-state index contributed by atoms with van der Waals surface area (Å²) in [6, 6.07) is 4.94. The average molecular weight is 273 g/mol. The Morgan fingerprint density at radius 1 is 1.28 bits per heavy atom. The fraction of sp³-hybridized carbons (Fsp3) is 0.100. The van der Waals surface area contributed by atoms with Gasteiger partial charge in [-0.1, -0.05) is 4.49 Å². The summed E-state index contributed by atoms with van der Waals surface area (Å²) < 4.78 is 40.9. The van der Waals surface area contributed by atoms with Crippen LogP contribution in [0.25, 0.3) is 0 Å². The van der Waals surface area contributed by atoms with Crippen molar-refractivity contribution in [2.75, 3.05) is 5.32 Å². The molecule has 4 nitrogen and oxygen atoms in total. The normalized spacial score (nSPS) is 10.7. The quantitative estimate of drug-likeness (QED) is 0.935. The van der Waals surface area contributed by atoms with E-state index in [0.717, 1.165) is 12.1 Å². The van der Waals surface area contributed by atoms with Crippen molar-refractivity contribution in [1.29, 1.82) is 0 Å². The summed E-state index contributed by atoms with van der Waals surface area (Å²) in [5, 5.41) is 5.55. The lowest BCUT2D eigenvalue weighted by Crippen LogP contribution is -2.12. The van der Waals surface area contributed by atoms with Crippen LogP contribution in [-0.2, 0) is 0 Å². The van der Waals surface area contributed by atoms with Crippen LogP contribution >= 0.6 is 11.5 Å². The SMILES string of the molecule is O=C(Nc1ccc(F)cc1)c1snnc1C(F)F. The van der Waals surface area contributed by atoms with E-state index in [4.69, 9.17) is 0 Å². The topological polar surface area (TPSA) is 54.9 Å². The van der Waals surface area contributed by atoms with E-state index in [0.29, 0.717) is 17.2 Å². The maximum atomic E-state index is 12.6. The summed E-state index contributed by atoms with van der Waals surface area (Å²) in [7, 11) is 0. The van der Waals surface area contributed by atoms with Gasteiger partial charge in [-0.2, -0.15) is 0 Å². The number of rotatable bonds is 3. The standard InChI is InChI=1S/C10H6F3N3OS/c11-5-1-3-6(4-2-5)14-10(17)8-7(9(12)13)15-16-18-8/h1-4,9H,(H,14,17). The molecule has 1 aromatic heterocycles. The molecule has 0 bridgehead atoms. The van der Waals surface area contributed by atoms with Crippen LogP contribution < -0.4 is 5.32 Å². The van der Waals surface area contributed by atoms with Crippen LogP contribution in [0.3, 0.4) is 0 Å². The van der Waals surface area contributed by atoms with Gasteiger partial charge in [0.05, 0.1) is 0 Å². The molecule has 0 unspecified atom stereocenters. The van der Waals surface area contributed by atoms with Gasteiger partial charge >= 0.3 is 0 Å². The number of amides is 1. The smallest absolute Gasteiger partial charge is 0.283 e. The predicted octanol–water partition coefficient (Wildman–Crippen LogP) is 2.87. The Kier molecular flexibility index (Phi) is 3.56. The maximum Gasteiger partial charge on any atom is 0.283 e. The number of alkyl halides is 2. The third-order valence-corrected chi connectivity index (χ3v) is 2.77. The highest BCUT2D eigenvalue weighted by Gasteiger charge is 2.23. The second-order valence-electron chi connectivity index (χ2n) is 3.25. The molecule has 18 heavy (non-hydrogen) atoms. The van der Waals surface area contributed by atoms with Crippen molar-refractivity contribution in [2.24, 2.45) is 0 Å². The molecule has 0 radical (unpaired) electrons. The van der Waals surface area contributed by atoms with Crippen molar-refractivity contribution < 1.29 is 18.0 Å². The highest BCUT2D eigenvalue weighted by atomic mass is 32.1. The van der Waals surface area contributed by atoms with E-state index in [1.54, 1.807) is 0 Å². The van der Waals surface area contributed by atoms with Crippen molar-refractivity contribution in [3.63, 3.8) is 0 Å². The number of hydrogen-bond donors (Lipinski definition) is 1. The van der Waals surface area contributed by atoms with Crippen molar-refractivity contribution >= 4 is 23.1 Å². The van der Waals surface area contributed by atoms with E-state index in [1.807, 2.05) is 0 Å². The molecule has 1 aromatic carbocycles. The van der Waals surface area contributed by atoms with Gasteiger partial charge in [0, 0.05) is 5.69 Å². The number of aromatic nitrogens is 2. The first-order valence-electron chi connectivity index (χ1n) is 4.75. The summed E-state index contributed by atoms with van der Waals surface area (Å²) in [6.45, 7) is 0. The molecule has 0 aliphatic carbocycles. The zero-order valence-electron chi connectivity index (χ0n) is 8.73. The zero-order valence-corrected chi connectivity index (χ0v) is 9.55. The molecule has 0 fully saturated rings. The van der Waals surface area contributed by atoms with Gasteiger partial charge < -0.3 is 5.32 Å². The molecule has 0 atom stereocenters. The van der Waals surface area contributed by atoms with E-state index in [2.05, 4.69) is 14.9 Å². The number of hydrogen-bond acceptors (Lipinski definition) is 4. The molecular formula is C10H6F3N3OS. The second-order valence-corrected chi connectivity index (χ2v) is 4.00. The molecule has 0 saturated carbocycles. The van der Waals surface area contributed by atoms with Crippen molar-refractivity contribution in [2.45, 2.75) is 6.43 Å². The Morgan fingerprint density at radius 3 is 2.56 bits per heavy atom. The molecule has 8 heteroatoms. The van der Waals surface area contributed by atoms with E-state index in [-0.39, 0.29) is 4.88 Å². The van der Waals surface area contributed by atoms with E-state index < -0.39 is 23.8 Å². The Hall–Kier alpha value is -1.96. The number of carbonyl (C=O) groups is 1. The number of nitrogens with zero attached hydrogens (tertiary/aromatic N) is 2. The third-order valence-electron chi connectivity index (χ3n) is 2.03. The lowest BCUT2D eigenvalue weighted by Gasteiger charge is -2.03. The van der Waals surface area contributed by atoms with Crippen LogP contribution in [0.5, 0.6) is 0 Å². The van der Waals surface area contributed by atoms with Gasteiger partial charge in [0.2, 0.25) is 0 Å². The summed E-state index contributed by atoms with van der Waals surface area (Å²) >= 11 is 0.581. The van der Waals surface area contributed by atoms with Crippen molar-refractivity contribution in [1.82, 2.24) is 9.59 Å². The highest BCUT2D eigenvalue weighted by Crippen LogP contribution is 2.23. The van der Waals surface area contributed by atoms with Crippen LogP contribution in [0.2, 0.25) is 0 Å². The monoisotopic (exact) mass is 273 g/mol. The number of anilines is 1. The molecule has 2 rings (SSSR count). The Labute approximate surface area is 104 Å². The maximum absolute atomic E-state index is 12.6. The van der Waals surface area contributed by atoms with Crippen LogP contribution in [0.1, 0.15) is 21.8 Å². The molecule has 1 N–H and O–H groups in total. The molecule has 0 spiro atoms. The second kappa shape index (κ2) is 5.13. The fourth-order valence-corrected chi connectivity index (χ4v) is 1.79. The Bertz CT molecular complexity index is 556. The molecule has 94 valence electrons. The van der Waals surface area contributed by atoms with Gasteiger partial charge in [-0.25, -0.2) is 13.2 Å². The third kappa shape index (κ3) is 2.65. The van der Waals surface area contributed by atoms with Gasteiger partial charge in [-0.05, 0) is 35.8 Å². The van der Waals surface area contributed by atoms with E-state index in [9.17, 15) is 18.0 Å². The first-order chi connectivity index (χ1) is 8.58. The van der Waals surface area contributed by atoms with E-state index in [1.165, 1.54) is 12.1 Å². The van der Waals surface area contributed by atoms with Gasteiger partial charge in [-0.15, -0.1) is 5.10 Å². The van der Waals surface area contributed by atoms with Gasteiger partial charge in [0.1, 0.15) is 10.7 Å². The first kappa shape index (κ1) is 12.5. The molecular weight excluding hydrogens is 267 g/mol. The minimum atomic E-state index is -2.86. The molecule has 0 saturated heterocycles. The Morgan fingerprint density at radius 2 is 1.94 bits per heavy atom. The molecule has 1 amide bonds. The number of nitrogens with one attached hydrogen (secondary N) is 1. The lowest BCUT2D eigenvalue weighted by molar-refractivity contribution is 0.101. The number of benzene rings is 1. The van der Waals surface area contributed by atoms with Crippen LogP contribution in [0.4, 0.5) is 18.9 Å². The minimum absolute atomic E-state index is 0.255. The van der Waals surface area contributed by atoms with Gasteiger partial charge in [0.25, 0.3) is 12.3 Å². The molecule has 0 aliphatic heterocycles. The summed E-state index contributed by atoms with van der Waals surface area (Å²) in [4.78, 5) is 11.4. The molecule has 0 aliphatic rings. The highest BCUT2D eigenvalue weighted by molar-refractivity contribution is 7.08. The molecule has 1 heterocycles. The summed E-state index contributed by atoms with van der Waals surface area (Å²) in [5.74, 6) is -1.20. The van der Waals surface area contributed by atoms with Crippen LogP contribution in [-0.4, -0.2) is 15.5 Å². The minimum Gasteiger partial charge on any atom is -0.321 e. The van der Waals surface area contributed by atoms with Crippen molar-refractivity contribution in [3.05, 3.63) is 40.7 Å². The molecule has 2 aromatic rings. The van der Waals surface area contributed by atoms with Gasteiger partial charge in [-0.3, -0.25) is 4.79 Å².